The van der Waals surface area contributed by atoms with Crippen molar-refractivity contribution in [2.24, 2.45) is 0 Å². The molecule has 2 amide bonds. The lowest BCUT2D eigenvalue weighted by Crippen LogP contribution is -2.46. The van der Waals surface area contributed by atoms with Crippen molar-refractivity contribution in [3.8, 4) is 5.75 Å². The van der Waals surface area contributed by atoms with Crippen LogP contribution in [0, 0.1) is 0 Å². The molecule has 1 N–H and O–H groups in total. The Labute approximate surface area is 152 Å². The van der Waals surface area contributed by atoms with Crippen molar-refractivity contribution in [2.45, 2.75) is 25.2 Å². The monoisotopic (exact) mass is 382 g/mol. The van der Waals surface area contributed by atoms with Crippen LogP contribution in [0.15, 0.2) is 47.1 Å². The van der Waals surface area contributed by atoms with Crippen LogP contribution in [-0.4, -0.2) is 42.2 Å². The zero-order chi connectivity index (χ0) is 19.4. The highest BCUT2D eigenvalue weighted by atomic mass is 19.4. The third-order valence-corrected chi connectivity index (χ3v) is 4.20. The molecule has 6 nitrogen and oxygen atoms in total. The molecule has 1 fully saturated rings. The Morgan fingerprint density at radius 1 is 1.11 bits per heavy atom. The van der Waals surface area contributed by atoms with Crippen LogP contribution in [0.3, 0.4) is 0 Å². The summed E-state index contributed by atoms with van der Waals surface area (Å²) in [7, 11) is 0. The molecule has 0 spiro atoms. The zero-order valence-electron chi connectivity index (χ0n) is 14.2. The molecular formula is C18H17F3N2O4. The van der Waals surface area contributed by atoms with E-state index in [0.29, 0.717) is 25.9 Å². The average Bonchev–Trinajstić information content (AvgIpc) is 3.15. The molecule has 0 atom stereocenters. The summed E-state index contributed by atoms with van der Waals surface area (Å²) in [4.78, 5) is 26.1. The van der Waals surface area contributed by atoms with Crippen LogP contribution >= 0.6 is 0 Å². The molecule has 1 aromatic heterocycles. The smallest absolute Gasteiger partial charge is 0.459 e. The molecule has 27 heavy (non-hydrogen) atoms. The summed E-state index contributed by atoms with van der Waals surface area (Å²) in [5.41, 5.74) is 0.235. The number of carbonyl (C=O) groups is 2. The molecule has 3 rings (SSSR count). The third kappa shape index (κ3) is 5.02. The molecule has 0 bridgehead atoms. The topological polar surface area (TPSA) is 71.8 Å². The SMILES string of the molecule is O=C(NC1CCN(C(=O)c2ccco2)CC1)c1ccc(OC(F)(F)F)cc1. The van der Waals surface area contributed by atoms with Crippen LogP contribution in [0.25, 0.3) is 0 Å². The number of furan rings is 1. The van der Waals surface area contributed by atoms with Gasteiger partial charge in [-0.05, 0) is 49.2 Å². The van der Waals surface area contributed by atoms with Crippen molar-refractivity contribution >= 4 is 11.8 Å². The number of nitrogens with zero attached hydrogens (tertiary/aromatic N) is 1. The highest BCUT2D eigenvalue weighted by Gasteiger charge is 2.31. The highest BCUT2D eigenvalue weighted by molar-refractivity contribution is 5.94. The number of rotatable bonds is 4. The Hall–Kier alpha value is -2.97. The van der Waals surface area contributed by atoms with Gasteiger partial charge in [-0.2, -0.15) is 0 Å². The molecule has 144 valence electrons. The van der Waals surface area contributed by atoms with Gasteiger partial charge in [-0.25, -0.2) is 0 Å². The van der Waals surface area contributed by atoms with Crippen LogP contribution in [-0.2, 0) is 0 Å². The molecule has 1 aliphatic heterocycles. The van der Waals surface area contributed by atoms with Gasteiger partial charge in [-0.15, -0.1) is 13.2 Å². The second-order valence-corrected chi connectivity index (χ2v) is 6.09. The van der Waals surface area contributed by atoms with Gasteiger partial charge in [0.05, 0.1) is 6.26 Å². The van der Waals surface area contributed by atoms with Gasteiger partial charge in [0.25, 0.3) is 11.8 Å². The van der Waals surface area contributed by atoms with E-state index in [1.807, 2.05) is 0 Å². The number of hydrogen-bond donors (Lipinski definition) is 1. The first-order chi connectivity index (χ1) is 12.8. The maximum atomic E-state index is 12.2. The van der Waals surface area contributed by atoms with Gasteiger partial charge in [0.2, 0.25) is 0 Å². The fourth-order valence-corrected chi connectivity index (χ4v) is 2.86. The van der Waals surface area contributed by atoms with E-state index in [1.165, 1.54) is 18.4 Å². The van der Waals surface area contributed by atoms with E-state index in [9.17, 15) is 22.8 Å². The van der Waals surface area contributed by atoms with E-state index in [4.69, 9.17) is 4.42 Å². The minimum absolute atomic E-state index is 0.121. The molecule has 0 saturated carbocycles. The number of nitrogens with one attached hydrogen (secondary N) is 1. The van der Waals surface area contributed by atoms with Crippen LogP contribution in [0.4, 0.5) is 13.2 Å². The Morgan fingerprint density at radius 3 is 2.33 bits per heavy atom. The predicted molar refractivity (Wildman–Crippen MR) is 88.2 cm³/mol. The number of ether oxygens (including phenoxy) is 1. The first-order valence-corrected chi connectivity index (χ1v) is 8.31. The summed E-state index contributed by atoms with van der Waals surface area (Å²) < 4.78 is 45.3. The molecule has 2 aromatic rings. The second kappa shape index (κ2) is 7.73. The molecule has 0 aliphatic carbocycles. The fraction of sp³-hybridized carbons (Fsp3) is 0.333. The van der Waals surface area contributed by atoms with E-state index in [2.05, 4.69) is 10.1 Å². The molecule has 1 aromatic carbocycles. The van der Waals surface area contributed by atoms with Gasteiger partial charge in [0.1, 0.15) is 5.75 Å². The Bertz CT molecular complexity index is 780. The normalized spacial score (nSPS) is 15.4. The summed E-state index contributed by atoms with van der Waals surface area (Å²) in [6.07, 6.45) is -2.18. The van der Waals surface area contributed by atoms with E-state index < -0.39 is 6.36 Å². The van der Waals surface area contributed by atoms with E-state index in [1.54, 1.807) is 17.0 Å². The molecule has 0 unspecified atom stereocenters. The van der Waals surface area contributed by atoms with Gasteiger partial charge in [-0.1, -0.05) is 0 Å². The summed E-state index contributed by atoms with van der Waals surface area (Å²) in [5.74, 6) is -0.683. The minimum Gasteiger partial charge on any atom is -0.459 e. The van der Waals surface area contributed by atoms with Crippen molar-refractivity contribution in [3.05, 3.63) is 54.0 Å². The lowest BCUT2D eigenvalue weighted by Gasteiger charge is -2.31. The van der Waals surface area contributed by atoms with Crippen molar-refractivity contribution in [1.82, 2.24) is 10.2 Å². The first kappa shape index (κ1) is 18.8. The number of hydrogen-bond acceptors (Lipinski definition) is 4. The molecule has 1 aliphatic rings. The number of carbonyl (C=O) groups excluding carboxylic acids is 2. The van der Waals surface area contributed by atoms with Gasteiger partial charge in [-0.3, -0.25) is 9.59 Å². The van der Waals surface area contributed by atoms with Crippen molar-refractivity contribution < 1.29 is 31.9 Å². The predicted octanol–water partition coefficient (Wildman–Crippen LogP) is 3.21. The quantitative estimate of drug-likeness (QED) is 0.882. The molecule has 1 saturated heterocycles. The minimum atomic E-state index is -4.77. The van der Waals surface area contributed by atoms with Crippen LogP contribution in [0.1, 0.15) is 33.8 Å². The second-order valence-electron chi connectivity index (χ2n) is 6.09. The average molecular weight is 382 g/mol. The largest absolute Gasteiger partial charge is 0.573 e. The van der Waals surface area contributed by atoms with E-state index in [-0.39, 0.29) is 34.9 Å². The maximum absolute atomic E-state index is 12.2. The highest BCUT2D eigenvalue weighted by Crippen LogP contribution is 2.23. The Kier molecular flexibility index (Phi) is 5.38. The van der Waals surface area contributed by atoms with Gasteiger partial charge in [0, 0.05) is 24.7 Å². The lowest BCUT2D eigenvalue weighted by molar-refractivity contribution is -0.274. The summed E-state index contributed by atoms with van der Waals surface area (Å²) in [5, 5.41) is 2.83. The van der Waals surface area contributed by atoms with Crippen LogP contribution < -0.4 is 10.1 Å². The Balaban J connectivity index is 1.50. The third-order valence-electron chi connectivity index (χ3n) is 4.20. The Morgan fingerprint density at radius 2 is 1.78 bits per heavy atom. The summed E-state index contributed by atoms with van der Waals surface area (Å²) >= 11 is 0. The maximum Gasteiger partial charge on any atom is 0.573 e. The standard InChI is InChI=1S/C18H17F3N2O4/c19-18(20,21)27-14-5-3-12(4-6-14)16(24)22-13-7-9-23(10-8-13)17(25)15-2-1-11-26-15/h1-6,11,13H,7-10H2,(H,22,24). The van der Waals surface area contributed by atoms with Gasteiger partial charge in [0.15, 0.2) is 5.76 Å². The number of halogens is 3. The molecular weight excluding hydrogens is 365 g/mol. The lowest BCUT2D eigenvalue weighted by atomic mass is 10.0. The molecule has 0 radical (unpaired) electrons. The summed E-state index contributed by atoms with van der Waals surface area (Å²) in [6, 6.07) is 7.84. The van der Waals surface area contributed by atoms with Gasteiger partial charge < -0.3 is 19.4 Å². The number of alkyl halides is 3. The number of likely N-dealkylation sites (tertiary alicyclic amines) is 1. The fourth-order valence-electron chi connectivity index (χ4n) is 2.86. The number of piperidine rings is 1. The van der Waals surface area contributed by atoms with Crippen molar-refractivity contribution in [3.63, 3.8) is 0 Å². The van der Waals surface area contributed by atoms with Crippen LogP contribution in [0.2, 0.25) is 0 Å². The zero-order valence-corrected chi connectivity index (χ0v) is 14.2. The first-order valence-electron chi connectivity index (χ1n) is 8.31. The van der Waals surface area contributed by atoms with E-state index in [0.717, 1.165) is 12.1 Å². The van der Waals surface area contributed by atoms with Gasteiger partial charge >= 0.3 is 6.36 Å². The number of benzene rings is 1. The van der Waals surface area contributed by atoms with E-state index >= 15 is 0 Å². The van der Waals surface area contributed by atoms with Crippen molar-refractivity contribution in [2.75, 3.05) is 13.1 Å². The molecule has 2 heterocycles. The number of amides is 2. The summed E-state index contributed by atoms with van der Waals surface area (Å²) in [6.45, 7) is 0.950. The van der Waals surface area contributed by atoms with Crippen molar-refractivity contribution in [1.29, 1.82) is 0 Å². The molecule has 9 heteroatoms. The van der Waals surface area contributed by atoms with Crippen LogP contribution in [0.5, 0.6) is 5.75 Å².